The zero-order valence-electron chi connectivity index (χ0n) is 8.70. The number of rotatable bonds is 3. The van der Waals surface area contributed by atoms with Crippen molar-refractivity contribution >= 4 is 23.0 Å². The Labute approximate surface area is 95.8 Å². The quantitative estimate of drug-likeness (QED) is 0.515. The second kappa shape index (κ2) is 4.12. The molecule has 1 aromatic carbocycles. The molecular weight excluding hydrogens is 224 g/mol. The van der Waals surface area contributed by atoms with Crippen molar-refractivity contribution in [3.63, 3.8) is 0 Å². The topological polar surface area (TPSA) is 128 Å². The van der Waals surface area contributed by atoms with Gasteiger partial charge in [-0.05, 0) is 12.1 Å². The van der Waals surface area contributed by atoms with Gasteiger partial charge in [-0.3, -0.25) is 0 Å². The Morgan fingerprint density at radius 2 is 2.12 bits per heavy atom. The highest BCUT2D eigenvalue weighted by Gasteiger charge is 2.25. The van der Waals surface area contributed by atoms with E-state index in [1.807, 2.05) is 0 Å². The second-order valence-electron chi connectivity index (χ2n) is 3.31. The van der Waals surface area contributed by atoms with Gasteiger partial charge in [0.15, 0.2) is 11.5 Å². The van der Waals surface area contributed by atoms with Crippen LogP contribution >= 0.6 is 0 Å². The maximum atomic E-state index is 11.0. The van der Waals surface area contributed by atoms with Crippen LogP contribution in [0.1, 0.15) is 11.9 Å². The lowest BCUT2D eigenvalue weighted by atomic mass is 10.3. The molecule has 1 atom stereocenters. The van der Waals surface area contributed by atoms with Crippen LogP contribution in [-0.4, -0.2) is 22.0 Å². The summed E-state index contributed by atoms with van der Waals surface area (Å²) in [6, 6.07) is 5.59. The Balaban J connectivity index is 2.49. The summed E-state index contributed by atoms with van der Waals surface area (Å²) in [4.78, 5) is 18.6. The van der Waals surface area contributed by atoms with Gasteiger partial charge in [0, 0.05) is 0 Å². The number of para-hydroxylation sites is 2. The molecule has 0 fully saturated rings. The maximum absolute atomic E-state index is 11.0. The van der Waals surface area contributed by atoms with Gasteiger partial charge in [-0.25, -0.2) is 14.8 Å². The molecule has 0 amide bonds. The van der Waals surface area contributed by atoms with Gasteiger partial charge in [-0.1, -0.05) is 12.1 Å². The number of nitrogens with zero attached hydrogens (tertiary/aromatic N) is 2. The fraction of sp³-hybridized carbons (Fsp3) is 0.100. The van der Waals surface area contributed by atoms with Crippen LogP contribution in [0.3, 0.4) is 0 Å². The van der Waals surface area contributed by atoms with Crippen LogP contribution in [0.2, 0.25) is 0 Å². The Morgan fingerprint density at radius 1 is 1.41 bits per heavy atom. The number of carbonyl (C=O) groups is 1. The van der Waals surface area contributed by atoms with Crippen molar-refractivity contribution in [1.29, 1.82) is 0 Å². The lowest BCUT2D eigenvalue weighted by Crippen LogP contribution is -2.25. The smallest absolute Gasteiger partial charge is 0.338 e. The highest BCUT2D eigenvalue weighted by molar-refractivity contribution is 5.82. The van der Waals surface area contributed by atoms with Gasteiger partial charge in [0.05, 0.1) is 0 Å². The lowest BCUT2D eigenvalue weighted by Gasteiger charge is -2.02. The van der Waals surface area contributed by atoms with E-state index in [1.165, 1.54) is 0 Å². The first-order valence-electron chi connectivity index (χ1n) is 4.75. The summed E-state index contributed by atoms with van der Waals surface area (Å²) >= 11 is 0. The van der Waals surface area contributed by atoms with Crippen LogP contribution < -0.4 is 11.5 Å². The molecule has 88 valence electrons. The zero-order valence-corrected chi connectivity index (χ0v) is 8.70. The van der Waals surface area contributed by atoms with Crippen molar-refractivity contribution in [2.24, 2.45) is 16.5 Å². The van der Waals surface area contributed by atoms with Crippen LogP contribution in [0.15, 0.2) is 33.7 Å². The van der Waals surface area contributed by atoms with Crippen molar-refractivity contribution < 1.29 is 14.3 Å². The predicted octanol–water partition coefficient (Wildman–Crippen LogP) is 0.227. The van der Waals surface area contributed by atoms with Crippen molar-refractivity contribution in [3.8, 4) is 0 Å². The van der Waals surface area contributed by atoms with E-state index in [4.69, 9.17) is 21.0 Å². The number of hydrogen-bond donors (Lipinski definition) is 3. The lowest BCUT2D eigenvalue weighted by molar-refractivity contribution is -0.139. The number of aromatic nitrogens is 1. The van der Waals surface area contributed by atoms with E-state index in [9.17, 15) is 4.79 Å². The number of oxazole rings is 1. The number of aliphatic carboxylic acids is 1. The van der Waals surface area contributed by atoms with E-state index < -0.39 is 12.0 Å². The molecule has 0 aliphatic heterocycles. The highest BCUT2D eigenvalue weighted by atomic mass is 16.4. The molecule has 0 saturated carbocycles. The molecule has 0 spiro atoms. The van der Waals surface area contributed by atoms with Gasteiger partial charge in [0.2, 0.25) is 11.9 Å². The standard InChI is InChI=1S/C10H10N4O3/c11-10(12)14-7(9(15)16)8-13-5-3-1-2-4-6(5)17-8/h1-4,7H,(H,15,16)(H4,11,12,14). The molecule has 0 bridgehead atoms. The number of hydrogen-bond acceptors (Lipinski definition) is 4. The molecule has 0 radical (unpaired) electrons. The van der Waals surface area contributed by atoms with Gasteiger partial charge < -0.3 is 21.0 Å². The largest absolute Gasteiger partial charge is 0.479 e. The molecule has 1 heterocycles. The molecule has 0 saturated heterocycles. The summed E-state index contributed by atoms with van der Waals surface area (Å²) < 4.78 is 5.28. The minimum Gasteiger partial charge on any atom is -0.479 e. The van der Waals surface area contributed by atoms with Crippen LogP contribution in [-0.2, 0) is 4.79 Å². The van der Waals surface area contributed by atoms with Crippen LogP contribution in [0.25, 0.3) is 11.1 Å². The number of benzene rings is 1. The fourth-order valence-electron chi connectivity index (χ4n) is 1.37. The Kier molecular flexibility index (Phi) is 2.65. The van der Waals surface area contributed by atoms with Gasteiger partial charge >= 0.3 is 5.97 Å². The second-order valence-corrected chi connectivity index (χ2v) is 3.31. The minimum absolute atomic E-state index is 0.0490. The summed E-state index contributed by atoms with van der Waals surface area (Å²) in [5.74, 6) is -1.61. The third kappa shape index (κ3) is 2.17. The maximum Gasteiger partial charge on any atom is 0.338 e. The van der Waals surface area contributed by atoms with Crippen LogP contribution in [0.5, 0.6) is 0 Å². The average molecular weight is 234 g/mol. The third-order valence-electron chi connectivity index (χ3n) is 2.06. The summed E-state index contributed by atoms with van der Waals surface area (Å²) in [7, 11) is 0. The monoisotopic (exact) mass is 234 g/mol. The van der Waals surface area contributed by atoms with Crippen molar-refractivity contribution in [3.05, 3.63) is 30.2 Å². The van der Waals surface area contributed by atoms with Gasteiger partial charge in [-0.15, -0.1) is 0 Å². The number of carboxylic acids is 1. The summed E-state index contributed by atoms with van der Waals surface area (Å²) in [5, 5.41) is 8.98. The Morgan fingerprint density at radius 3 is 2.71 bits per heavy atom. The molecule has 7 heteroatoms. The van der Waals surface area contributed by atoms with Crippen molar-refractivity contribution in [2.45, 2.75) is 6.04 Å². The molecule has 0 aliphatic carbocycles. The molecule has 1 unspecified atom stereocenters. The molecule has 2 rings (SSSR count). The number of guanidine groups is 1. The number of fused-ring (bicyclic) bond motifs is 1. The average Bonchev–Trinajstić information content (AvgIpc) is 2.68. The van der Waals surface area contributed by atoms with E-state index >= 15 is 0 Å². The van der Waals surface area contributed by atoms with Gasteiger partial charge in [0.1, 0.15) is 5.52 Å². The first-order chi connectivity index (χ1) is 8.08. The Bertz CT molecular complexity index is 553. The fourth-order valence-corrected chi connectivity index (χ4v) is 1.37. The SMILES string of the molecule is NC(N)=NC(C(=O)O)c1nc2ccccc2o1. The number of carboxylic acid groups (broad SMARTS) is 1. The molecule has 2 aromatic rings. The van der Waals surface area contributed by atoms with Crippen LogP contribution in [0.4, 0.5) is 0 Å². The van der Waals surface area contributed by atoms with Crippen molar-refractivity contribution in [1.82, 2.24) is 4.98 Å². The minimum atomic E-state index is -1.33. The molecule has 0 aliphatic rings. The predicted molar refractivity (Wildman–Crippen MR) is 60.2 cm³/mol. The van der Waals surface area contributed by atoms with E-state index in [0.717, 1.165) is 0 Å². The van der Waals surface area contributed by atoms with Gasteiger partial charge in [0.25, 0.3) is 0 Å². The van der Waals surface area contributed by atoms with E-state index in [1.54, 1.807) is 24.3 Å². The van der Waals surface area contributed by atoms with E-state index in [0.29, 0.717) is 11.1 Å². The zero-order chi connectivity index (χ0) is 12.4. The molecule has 1 aromatic heterocycles. The van der Waals surface area contributed by atoms with Crippen molar-refractivity contribution in [2.75, 3.05) is 0 Å². The summed E-state index contributed by atoms with van der Waals surface area (Å²) in [5.41, 5.74) is 11.4. The number of nitrogens with two attached hydrogens (primary N) is 2. The Hall–Kier alpha value is -2.57. The first-order valence-corrected chi connectivity index (χ1v) is 4.75. The van der Waals surface area contributed by atoms with E-state index in [-0.39, 0.29) is 11.9 Å². The molecule has 7 nitrogen and oxygen atoms in total. The van der Waals surface area contributed by atoms with E-state index in [2.05, 4.69) is 9.98 Å². The molecule has 5 N–H and O–H groups in total. The first kappa shape index (κ1) is 10.9. The third-order valence-corrected chi connectivity index (χ3v) is 2.06. The van der Waals surface area contributed by atoms with Gasteiger partial charge in [-0.2, -0.15) is 0 Å². The summed E-state index contributed by atoms with van der Waals surface area (Å²) in [6.45, 7) is 0. The van der Waals surface area contributed by atoms with Crippen LogP contribution in [0, 0.1) is 0 Å². The normalized spacial score (nSPS) is 12.2. The number of aliphatic imine (C=N–C) groups is 1. The highest BCUT2D eigenvalue weighted by Crippen LogP contribution is 2.22. The molecular formula is C10H10N4O3. The molecule has 17 heavy (non-hydrogen) atoms. The summed E-state index contributed by atoms with van der Waals surface area (Å²) in [6.07, 6.45) is 0.